The number of benzene rings is 2. The van der Waals surface area contributed by atoms with Crippen molar-refractivity contribution >= 4 is 23.2 Å². The zero-order chi connectivity index (χ0) is 19.1. The van der Waals surface area contributed by atoms with E-state index in [0.717, 1.165) is 5.56 Å². The van der Waals surface area contributed by atoms with Crippen molar-refractivity contribution in [2.75, 3.05) is 26.4 Å². The molecule has 2 rings (SSSR count). The van der Waals surface area contributed by atoms with Crippen LogP contribution in [0.1, 0.15) is 22.8 Å². The van der Waals surface area contributed by atoms with Crippen LogP contribution in [0.15, 0.2) is 53.6 Å². The Kier molecular flexibility index (Phi) is 6.32. The van der Waals surface area contributed by atoms with Crippen LogP contribution in [0.3, 0.4) is 0 Å². The Morgan fingerprint density at radius 3 is 2.19 bits per heavy atom. The van der Waals surface area contributed by atoms with E-state index in [0.29, 0.717) is 22.7 Å². The van der Waals surface area contributed by atoms with E-state index in [2.05, 4.69) is 10.5 Å². The van der Waals surface area contributed by atoms with E-state index >= 15 is 0 Å². The molecule has 0 aliphatic heterocycles. The molecule has 0 aromatic heterocycles. The van der Waals surface area contributed by atoms with Crippen molar-refractivity contribution in [3.8, 4) is 5.75 Å². The Hall–Kier alpha value is -3.35. The van der Waals surface area contributed by atoms with E-state index < -0.39 is 0 Å². The van der Waals surface area contributed by atoms with Gasteiger partial charge in [0.1, 0.15) is 5.75 Å². The number of carbonyl (C=O) groups is 2. The summed E-state index contributed by atoms with van der Waals surface area (Å²) >= 11 is 0. The second kappa shape index (κ2) is 8.66. The third kappa shape index (κ3) is 5.34. The molecule has 2 aromatic rings. The van der Waals surface area contributed by atoms with Crippen LogP contribution in [0.4, 0.5) is 5.69 Å². The summed E-state index contributed by atoms with van der Waals surface area (Å²) in [6.45, 7) is 1.77. The topological polar surface area (TPSA) is 97.0 Å². The van der Waals surface area contributed by atoms with E-state index in [4.69, 9.17) is 10.5 Å². The molecule has 0 aliphatic rings. The van der Waals surface area contributed by atoms with Crippen molar-refractivity contribution in [2.45, 2.75) is 6.92 Å². The highest BCUT2D eigenvalue weighted by Gasteiger charge is 2.06. The van der Waals surface area contributed by atoms with Gasteiger partial charge in [0.25, 0.3) is 11.8 Å². The lowest BCUT2D eigenvalue weighted by atomic mass is 10.1. The number of hydrogen-bond donors (Lipinski definition) is 2. The first-order valence-electron chi connectivity index (χ1n) is 8.00. The number of ether oxygens (including phenoxy) is 1. The highest BCUT2D eigenvalue weighted by atomic mass is 16.5. The standard InChI is InChI=1S/C19H22N4O3/c1-13(21-22-19(25)15-4-8-16(20)9-5-15)14-6-10-17(11-7-14)26-12-18(24)23(2)3/h4-11H,12,20H2,1-3H3,(H,22,25)/b21-13-. The molecule has 0 spiro atoms. The summed E-state index contributed by atoms with van der Waals surface area (Å²) in [5.74, 6) is 0.159. The van der Waals surface area contributed by atoms with Crippen molar-refractivity contribution in [2.24, 2.45) is 5.10 Å². The predicted molar refractivity (Wildman–Crippen MR) is 101 cm³/mol. The minimum atomic E-state index is -0.313. The van der Waals surface area contributed by atoms with Gasteiger partial charge in [-0.05, 0) is 61.0 Å². The molecule has 0 heterocycles. The summed E-state index contributed by atoms with van der Waals surface area (Å²) in [4.78, 5) is 25.0. The molecule has 7 heteroatoms. The number of likely N-dealkylation sites (N-methyl/N-ethyl adjacent to an activating group) is 1. The van der Waals surface area contributed by atoms with Crippen molar-refractivity contribution in [1.29, 1.82) is 0 Å². The van der Waals surface area contributed by atoms with Crippen LogP contribution in [-0.2, 0) is 4.79 Å². The molecule has 0 aliphatic carbocycles. The van der Waals surface area contributed by atoms with Crippen molar-refractivity contribution in [3.63, 3.8) is 0 Å². The Labute approximate surface area is 152 Å². The number of nitrogen functional groups attached to an aromatic ring is 1. The normalized spacial score (nSPS) is 11.0. The molecule has 136 valence electrons. The number of nitrogens with two attached hydrogens (primary N) is 1. The maximum atomic E-state index is 12.0. The van der Waals surface area contributed by atoms with Crippen LogP contribution < -0.4 is 15.9 Å². The van der Waals surface area contributed by atoms with Gasteiger partial charge in [-0.3, -0.25) is 9.59 Å². The molecule has 0 saturated carbocycles. The summed E-state index contributed by atoms with van der Waals surface area (Å²) in [5.41, 5.74) is 10.7. The zero-order valence-electron chi connectivity index (χ0n) is 15.0. The number of rotatable bonds is 6. The van der Waals surface area contributed by atoms with Crippen LogP contribution in [-0.4, -0.2) is 43.1 Å². The predicted octanol–water partition coefficient (Wildman–Crippen LogP) is 1.89. The maximum Gasteiger partial charge on any atom is 0.271 e. The number of nitrogens with one attached hydrogen (secondary N) is 1. The molecule has 2 amide bonds. The highest BCUT2D eigenvalue weighted by molar-refractivity contribution is 6.01. The molecule has 3 N–H and O–H groups in total. The van der Waals surface area contributed by atoms with Gasteiger partial charge >= 0.3 is 0 Å². The summed E-state index contributed by atoms with van der Waals surface area (Å²) in [7, 11) is 3.35. The van der Waals surface area contributed by atoms with Crippen LogP contribution in [0.25, 0.3) is 0 Å². The zero-order valence-corrected chi connectivity index (χ0v) is 15.0. The number of hydrogen-bond acceptors (Lipinski definition) is 5. The summed E-state index contributed by atoms with van der Waals surface area (Å²) in [6, 6.07) is 13.7. The average Bonchev–Trinajstić information content (AvgIpc) is 2.64. The summed E-state index contributed by atoms with van der Waals surface area (Å²) < 4.78 is 5.42. The van der Waals surface area contributed by atoms with E-state index in [1.165, 1.54) is 4.90 Å². The Balaban J connectivity index is 1.95. The molecule has 0 radical (unpaired) electrons. The van der Waals surface area contributed by atoms with E-state index in [1.54, 1.807) is 57.4 Å². The lowest BCUT2D eigenvalue weighted by Crippen LogP contribution is -2.27. The number of nitrogens with zero attached hydrogens (tertiary/aromatic N) is 2. The Bertz CT molecular complexity index is 797. The van der Waals surface area contributed by atoms with Crippen LogP contribution in [0.2, 0.25) is 0 Å². The molecule has 2 aromatic carbocycles. The molecular weight excluding hydrogens is 332 g/mol. The van der Waals surface area contributed by atoms with Crippen molar-refractivity contribution in [3.05, 3.63) is 59.7 Å². The van der Waals surface area contributed by atoms with Gasteiger partial charge in [0.2, 0.25) is 0 Å². The van der Waals surface area contributed by atoms with Gasteiger partial charge in [-0.25, -0.2) is 5.43 Å². The first-order valence-corrected chi connectivity index (χ1v) is 8.00. The molecule has 0 bridgehead atoms. The number of anilines is 1. The van der Waals surface area contributed by atoms with Gasteiger partial charge in [-0.15, -0.1) is 0 Å². The lowest BCUT2D eigenvalue weighted by molar-refractivity contribution is -0.130. The van der Waals surface area contributed by atoms with Gasteiger partial charge in [-0.1, -0.05) is 0 Å². The third-order valence-corrected chi connectivity index (χ3v) is 3.63. The monoisotopic (exact) mass is 354 g/mol. The van der Waals surface area contributed by atoms with Gasteiger partial charge in [-0.2, -0.15) is 5.10 Å². The van der Waals surface area contributed by atoms with E-state index in [1.807, 2.05) is 12.1 Å². The quantitative estimate of drug-likeness (QED) is 0.470. The first kappa shape index (κ1) is 19.0. The van der Waals surface area contributed by atoms with Gasteiger partial charge in [0.05, 0.1) is 5.71 Å². The fourth-order valence-electron chi connectivity index (χ4n) is 1.96. The Morgan fingerprint density at radius 1 is 1.04 bits per heavy atom. The minimum Gasteiger partial charge on any atom is -0.484 e. The minimum absolute atomic E-state index is 0.0168. The third-order valence-electron chi connectivity index (χ3n) is 3.63. The van der Waals surface area contributed by atoms with E-state index in [9.17, 15) is 9.59 Å². The SMILES string of the molecule is C/C(=N/NC(=O)c1ccc(N)cc1)c1ccc(OCC(=O)N(C)C)cc1. The number of carbonyl (C=O) groups excluding carboxylic acids is 2. The van der Waals surface area contributed by atoms with Gasteiger partial charge in [0, 0.05) is 25.3 Å². The fraction of sp³-hybridized carbons (Fsp3) is 0.211. The molecule has 7 nitrogen and oxygen atoms in total. The van der Waals surface area contributed by atoms with Crippen LogP contribution in [0, 0.1) is 0 Å². The average molecular weight is 354 g/mol. The smallest absolute Gasteiger partial charge is 0.271 e. The second-order valence-electron chi connectivity index (χ2n) is 5.86. The van der Waals surface area contributed by atoms with Gasteiger partial charge in [0.15, 0.2) is 6.61 Å². The second-order valence-corrected chi connectivity index (χ2v) is 5.86. The number of amides is 2. The molecular formula is C19H22N4O3. The van der Waals surface area contributed by atoms with Crippen molar-refractivity contribution in [1.82, 2.24) is 10.3 Å². The Morgan fingerprint density at radius 2 is 1.62 bits per heavy atom. The summed E-state index contributed by atoms with van der Waals surface area (Å²) in [6.07, 6.45) is 0. The summed E-state index contributed by atoms with van der Waals surface area (Å²) in [5, 5.41) is 4.10. The van der Waals surface area contributed by atoms with Crippen LogP contribution in [0.5, 0.6) is 5.75 Å². The van der Waals surface area contributed by atoms with E-state index in [-0.39, 0.29) is 18.4 Å². The molecule has 0 unspecified atom stereocenters. The number of hydrazone groups is 1. The molecule has 26 heavy (non-hydrogen) atoms. The molecule has 0 saturated heterocycles. The highest BCUT2D eigenvalue weighted by Crippen LogP contribution is 2.13. The van der Waals surface area contributed by atoms with Crippen LogP contribution >= 0.6 is 0 Å². The van der Waals surface area contributed by atoms with Gasteiger partial charge < -0.3 is 15.4 Å². The lowest BCUT2D eigenvalue weighted by Gasteiger charge is -2.11. The van der Waals surface area contributed by atoms with Crippen molar-refractivity contribution < 1.29 is 14.3 Å². The largest absolute Gasteiger partial charge is 0.484 e. The fourth-order valence-corrected chi connectivity index (χ4v) is 1.96. The molecule has 0 fully saturated rings. The first-order chi connectivity index (χ1) is 12.4. The molecule has 0 atom stereocenters. The maximum absolute atomic E-state index is 12.0.